The minimum absolute atomic E-state index is 0.204. The van der Waals surface area contributed by atoms with Crippen LogP contribution in [0.2, 0.25) is 0 Å². The summed E-state index contributed by atoms with van der Waals surface area (Å²) in [4.78, 5) is 11.3. The van der Waals surface area contributed by atoms with Gasteiger partial charge in [-0.15, -0.1) is 11.3 Å². The average molecular weight is 242 g/mol. The summed E-state index contributed by atoms with van der Waals surface area (Å²) in [6, 6.07) is 1.81. The van der Waals surface area contributed by atoms with Gasteiger partial charge < -0.3 is 14.6 Å². The smallest absolute Gasteiger partial charge is 0.346 e. The fraction of sp³-hybridized carbons (Fsp3) is 0.545. The number of carboxylic acid groups (broad SMARTS) is 1. The average Bonchev–Trinajstić information content (AvgIpc) is 2.76. The summed E-state index contributed by atoms with van der Waals surface area (Å²) in [5.41, 5.74) is 0.768. The molecule has 16 heavy (non-hydrogen) atoms. The lowest BCUT2D eigenvalue weighted by Gasteiger charge is -2.22. The Labute approximate surface area is 97.8 Å². The first kappa shape index (κ1) is 11.6. The fourth-order valence-corrected chi connectivity index (χ4v) is 2.43. The van der Waals surface area contributed by atoms with Gasteiger partial charge in [0.2, 0.25) is 0 Å². The van der Waals surface area contributed by atoms with E-state index in [1.807, 2.05) is 6.07 Å². The Morgan fingerprint density at radius 3 is 3.00 bits per heavy atom. The largest absolute Gasteiger partial charge is 0.477 e. The summed E-state index contributed by atoms with van der Waals surface area (Å²) < 4.78 is 10.9. The van der Waals surface area contributed by atoms with Crippen LogP contribution in [0.25, 0.3) is 0 Å². The Hall–Kier alpha value is -0.910. The second-order valence-corrected chi connectivity index (χ2v) is 4.62. The van der Waals surface area contributed by atoms with Crippen LogP contribution in [0.1, 0.15) is 28.1 Å². The molecule has 0 aliphatic carbocycles. The summed E-state index contributed by atoms with van der Waals surface area (Å²) in [5, 5.41) is 10.7. The van der Waals surface area contributed by atoms with Crippen molar-refractivity contribution in [1.29, 1.82) is 0 Å². The third kappa shape index (κ3) is 2.81. The van der Waals surface area contributed by atoms with E-state index in [1.165, 1.54) is 11.3 Å². The number of hydrogen-bond donors (Lipinski definition) is 1. The highest BCUT2D eigenvalue weighted by Crippen LogP contribution is 2.20. The van der Waals surface area contributed by atoms with Crippen molar-refractivity contribution in [3.63, 3.8) is 0 Å². The van der Waals surface area contributed by atoms with Crippen LogP contribution in [0, 0.1) is 0 Å². The van der Waals surface area contributed by atoms with Crippen LogP contribution in [-0.2, 0) is 16.1 Å². The van der Waals surface area contributed by atoms with Crippen LogP contribution in [0.5, 0.6) is 0 Å². The van der Waals surface area contributed by atoms with Crippen molar-refractivity contribution in [3.8, 4) is 0 Å². The first-order valence-corrected chi connectivity index (χ1v) is 6.14. The molecule has 0 aromatic carbocycles. The molecule has 88 valence electrons. The Balaban J connectivity index is 1.88. The van der Waals surface area contributed by atoms with Gasteiger partial charge in [-0.3, -0.25) is 0 Å². The molecule has 0 unspecified atom stereocenters. The van der Waals surface area contributed by atoms with Crippen molar-refractivity contribution in [2.75, 3.05) is 13.2 Å². The van der Waals surface area contributed by atoms with Gasteiger partial charge in [0.15, 0.2) is 0 Å². The first-order valence-electron chi connectivity index (χ1n) is 5.26. The molecule has 1 aromatic heterocycles. The molecule has 2 heterocycles. The molecule has 1 saturated heterocycles. The molecule has 0 saturated carbocycles. The number of aromatic carboxylic acids is 1. The molecule has 5 heteroatoms. The standard InChI is InChI=1S/C11H14O4S/c12-11(13)10-8(3-6-16-10)7-15-9-1-4-14-5-2-9/h3,6,9H,1-2,4-5,7H2,(H,12,13). The lowest BCUT2D eigenvalue weighted by Crippen LogP contribution is -2.23. The van der Waals surface area contributed by atoms with Crippen molar-refractivity contribution < 1.29 is 19.4 Å². The third-order valence-electron chi connectivity index (χ3n) is 2.58. The molecule has 1 fully saturated rings. The maximum atomic E-state index is 10.9. The summed E-state index contributed by atoms with van der Waals surface area (Å²) in [5.74, 6) is -0.874. The van der Waals surface area contributed by atoms with E-state index in [0.29, 0.717) is 11.5 Å². The number of hydrogen-bond acceptors (Lipinski definition) is 4. The van der Waals surface area contributed by atoms with Gasteiger partial charge in [-0.25, -0.2) is 4.79 Å². The second kappa shape index (κ2) is 5.43. The predicted molar refractivity (Wildman–Crippen MR) is 59.9 cm³/mol. The lowest BCUT2D eigenvalue weighted by molar-refractivity contribution is -0.0391. The number of ether oxygens (including phenoxy) is 2. The number of thiophene rings is 1. The molecule has 0 bridgehead atoms. The number of carbonyl (C=O) groups is 1. The van der Waals surface area contributed by atoms with E-state index >= 15 is 0 Å². The van der Waals surface area contributed by atoms with Crippen LogP contribution in [0.3, 0.4) is 0 Å². The monoisotopic (exact) mass is 242 g/mol. The van der Waals surface area contributed by atoms with E-state index in [-0.39, 0.29) is 6.10 Å². The molecule has 0 atom stereocenters. The highest BCUT2D eigenvalue weighted by Gasteiger charge is 2.16. The van der Waals surface area contributed by atoms with E-state index < -0.39 is 5.97 Å². The predicted octanol–water partition coefficient (Wildman–Crippen LogP) is 2.14. The van der Waals surface area contributed by atoms with Gasteiger partial charge in [-0.05, 0) is 24.3 Å². The Morgan fingerprint density at radius 2 is 2.31 bits per heavy atom. The quantitative estimate of drug-likeness (QED) is 0.878. The highest BCUT2D eigenvalue weighted by molar-refractivity contribution is 7.12. The molecular formula is C11H14O4S. The summed E-state index contributed by atoms with van der Waals surface area (Å²) in [6.45, 7) is 1.86. The summed E-state index contributed by atoms with van der Waals surface area (Å²) in [6.07, 6.45) is 1.99. The zero-order valence-electron chi connectivity index (χ0n) is 8.85. The number of rotatable bonds is 4. The van der Waals surface area contributed by atoms with E-state index in [2.05, 4.69) is 0 Å². The second-order valence-electron chi connectivity index (χ2n) is 3.70. The van der Waals surface area contributed by atoms with Gasteiger partial charge in [0, 0.05) is 18.8 Å². The third-order valence-corrected chi connectivity index (χ3v) is 3.53. The molecule has 1 N–H and O–H groups in total. The van der Waals surface area contributed by atoms with Crippen molar-refractivity contribution >= 4 is 17.3 Å². The Morgan fingerprint density at radius 1 is 1.56 bits per heavy atom. The molecule has 0 amide bonds. The molecule has 1 aliphatic rings. The maximum Gasteiger partial charge on any atom is 0.346 e. The normalized spacial score (nSPS) is 17.5. The zero-order chi connectivity index (χ0) is 11.4. The van der Waals surface area contributed by atoms with Gasteiger partial charge in [-0.2, -0.15) is 0 Å². The van der Waals surface area contributed by atoms with Crippen LogP contribution >= 0.6 is 11.3 Å². The highest BCUT2D eigenvalue weighted by atomic mass is 32.1. The molecule has 2 rings (SSSR count). The molecule has 1 aliphatic heterocycles. The lowest BCUT2D eigenvalue weighted by atomic mass is 10.1. The van der Waals surface area contributed by atoms with Crippen LogP contribution in [0.15, 0.2) is 11.4 Å². The molecule has 0 radical (unpaired) electrons. The minimum Gasteiger partial charge on any atom is -0.477 e. The van der Waals surface area contributed by atoms with Crippen LogP contribution in [0.4, 0.5) is 0 Å². The van der Waals surface area contributed by atoms with Gasteiger partial charge in [0.1, 0.15) is 4.88 Å². The van der Waals surface area contributed by atoms with Crippen molar-refractivity contribution in [2.24, 2.45) is 0 Å². The minimum atomic E-state index is -0.874. The van der Waals surface area contributed by atoms with E-state index in [9.17, 15) is 4.79 Å². The molecule has 0 spiro atoms. The van der Waals surface area contributed by atoms with E-state index in [4.69, 9.17) is 14.6 Å². The Kier molecular flexibility index (Phi) is 3.93. The number of carboxylic acids is 1. The summed E-state index contributed by atoms with van der Waals surface area (Å²) >= 11 is 1.24. The van der Waals surface area contributed by atoms with Crippen molar-refractivity contribution in [1.82, 2.24) is 0 Å². The van der Waals surface area contributed by atoms with E-state index in [1.54, 1.807) is 5.38 Å². The molecule has 1 aromatic rings. The van der Waals surface area contributed by atoms with Crippen molar-refractivity contribution in [2.45, 2.75) is 25.6 Å². The van der Waals surface area contributed by atoms with E-state index in [0.717, 1.165) is 31.6 Å². The SMILES string of the molecule is O=C(O)c1sccc1COC1CCOCC1. The van der Waals surface area contributed by atoms with Gasteiger partial charge in [0.05, 0.1) is 12.7 Å². The zero-order valence-corrected chi connectivity index (χ0v) is 9.66. The Bertz CT molecular complexity index is 355. The molecule has 4 nitrogen and oxygen atoms in total. The topological polar surface area (TPSA) is 55.8 Å². The fourth-order valence-electron chi connectivity index (χ4n) is 1.69. The van der Waals surface area contributed by atoms with Gasteiger partial charge in [-0.1, -0.05) is 0 Å². The van der Waals surface area contributed by atoms with Gasteiger partial charge >= 0.3 is 5.97 Å². The van der Waals surface area contributed by atoms with Crippen LogP contribution < -0.4 is 0 Å². The molecular weight excluding hydrogens is 228 g/mol. The van der Waals surface area contributed by atoms with Crippen LogP contribution in [-0.4, -0.2) is 30.4 Å². The summed E-state index contributed by atoms with van der Waals surface area (Å²) in [7, 11) is 0. The van der Waals surface area contributed by atoms with Crippen molar-refractivity contribution in [3.05, 3.63) is 21.9 Å². The first-order chi connectivity index (χ1) is 7.77. The maximum absolute atomic E-state index is 10.9. The van der Waals surface area contributed by atoms with Gasteiger partial charge in [0.25, 0.3) is 0 Å².